The molecule has 0 spiro atoms. The molecule has 3 aromatic heterocycles. The van der Waals surface area contributed by atoms with Gasteiger partial charge in [0.25, 0.3) is 0 Å². The molecule has 1 saturated heterocycles. The molecule has 1 aliphatic rings. The highest BCUT2D eigenvalue weighted by molar-refractivity contribution is 7.22. The van der Waals surface area contributed by atoms with Crippen molar-refractivity contribution in [3.8, 4) is 0 Å². The van der Waals surface area contributed by atoms with Gasteiger partial charge in [-0.05, 0) is 53.6 Å². The second-order valence-corrected chi connectivity index (χ2v) is 8.07. The van der Waals surface area contributed by atoms with Crippen LogP contribution in [0.5, 0.6) is 0 Å². The Labute approximate surface area is 168 Å². The molecule has 142 valence electrons. The molecule has 1 aromatic carbocycles. The minimum Gasteiger partial charge on any atom is -0.355 e. The van der Waals surface area contributed by atoms with Crippen molar-refractivity contribution in [3.05, 3.63) is 35.4 Å². The number of halogens is 1. The summed E-state index contributed by atoms with van der Waals surface area (Å²) in [7, 11) is 0. The largest absolute Gasteiger partial charge is 0.355 e. The number of nitrogens with zero attached hydrogens (tertiary/aromatic N) is 7. The van der Waals surface area contributed by atoms with Gasteiger partial charge in [0.1, 0.15) is 0 Å². The van der Waals surface area contributed by atoms with Gasteiger partial charge in [0.05, 0.1) is 10.2 Å². The Morgan fingerprint density at radius 1 is 1.21 bits per heavy atom. The Bertz CT molecular complexity index is 1170. The van der Waals surface area contributed by atoms with Crippen molar-refractivity contribution in [3.63, 3.8) is 0 Å². The highest BCUT2D eigenvalue weighted by Crippen LogP contribution is 2.29. The zero-order valence-corrected chi connectivity index (χ0v) is 16.2. The Hall–Kier alpha value is -2.85. The molecule has 28 heavy (non-hydrogen) atoms. The summed E-state index contributed by atoms with van der Waals surface area (Å²) in [6, 6.07) is 9.25. The van der Waals surface area contributed by atoms with E-state index < -0.39 is 0 Å². The Morgan fingerprint density at radius 3 is 2.93 bits per heavy atom. The molecule has 1 aliphatic heterocycles. The zero-order valence-electron chi connectivity index (χ0n) is 14.6. The molecule has 9 nitrogen and oxygen atoms in total. The van der Waals surface area contributed by atoms with E-state index >= 15 is 0 Å². The first-order valence-electron chi connectivity index (χ1n) is 8.83. The normalized spacial score (nSPS) is 15.4. The van der Waals surface area contributed by atoms with Gasteiger partial charge in [0.15, 0.2) is 16.6 Å². The van der Waals surface area contributed by atoms with E-state index in [4.69, 9.17) is 11.6 Å². The number of carbonyl (C=O) groups excluding carboxylic acids is 1. The molecule has 1 N–H and O–H groups in total. The van der Waals surface area contributed by atoms with Crippen LogP contribution in [-0.4, -0.2) is 49.2 Å². The molecule has 1 fully saturated rings. The average molecular weight is 415 g/mol. The Morgan fingerprint density at radius 2 is 2.07 bits per heavy atom. The lowest BCUT2D eigenvalue weighted by Crippen LogP contribution is -2.38. The van der Waals surface area contributed by atoms with Crippen LogP contribution < -0.4 is 10.2 Å². The van der Waals surface area contributed by atoms with Crippen LogP contribution >= 0.6 is 22.9 Å². The lowest BCUT2D eigenvalue weighted by Gasteiger charge is -2.31. The van der Waals surface area contributed by atoms with Gasteiger partial charge in [-0.1, -0.05) is 22.9 Å². The number of nitrogens with one attached hydrogen (secondary N) is 1. The van der Waals surface area contributed by atoms with Gasteiger partial charge in [0, 0.05) is 24.0 Å². The summed E-state index contributed by atoms with van der Waals surface area (Å²) in [5.74, 6) is 0.763. The number of thiazole rings is 1. The predicted octanol–water partition coefficient (Wildman–Crippen LogP) is 2.64. The lowest BCUT2D eigenvalue weighted by molar-refractivity contribution is -0.120. The standard InChI is InChI=1S/C17H15ClN8OS/c18-11-1-2-12-13(9-11)28-17(19-12)20-16(27)10-5-7-25(8-6-10)15-4-3-14-21-23-24-26(14)22-15/h1-4,9-10H,5-8H2,(H,19,20,27). The summed E-state index contributed by atoms with van der Waals surface area (Å²) < 4.78 is 2.37. The summed E-state index contributed by atoms with van der Waals surface area (Å²) in [5, 5.41) is 19.9. The van der Waals surface area contributed by atoms with Crippen LogP contribution in [-0.2, 0) is 4.79 Å². The number of carbonyl (C=O) groups is 1. The fourth-order valence-electron chi connectivity index (χ4n) is 3.34. The number of tetrazole rings is 1. The summed E-state index contributed by atoms with van der Waals surface area (Å²) >= 11 is 7.45. The molecule has 0 saturated carbocycles. The minimum absolute atomic E-state index is 0.00805. The van der Waals surface area contributed by atoms with Crippen LogP contribution in [0.3, 0.4) is 0 Å². The quantitative estimate of drug-likeness (QED) is 0.549. The number of piperidine rings is 1. The molecule has 0 atom stereocenters. The molecule has 0 aliphatic carbocycles. The van der Waals surface area contributed by atoms with E-state index in [9.17, 15) is 4.79 Å². The maximum atomic E-state index is 12.7. The van der Waals surface area contributed by atoms with Crippen molar-refractivity contribution in [2.75, 3.05) is 23.3 Å². The van der Waals surface area contributed by atoms with Gasteiger partial charge in [-0.25, -0.2) is 4.98 Å². The van der Waals surface area contributed by atoms with Crippen molar-refractivity contribution >= 4 is 55.7 Å². The summed E-state index contributed by atoms with van der Waals surface area (Å²) in [6.45, 7) is 1.49. The fourth-order valence-corrected chi connectivity index (χ4v) is 4.48. The van der Waals surface area contributed by atoms with Gasteiger partial charge in [-0.2, -0.15) is 0 Å². The van der Waals surface area contributed by atoms with Gasteiger partial charge < -0.3 is 10.2 Å². The number of anilines is 2. The molecule has 11 heteroatoms. The Kier molecular flexibility index (Phi) is 4.29. The predicted molar refractivity (Wildman–Crippen MR) is 107 cm³/mol. The topological polar surface area (TPSA) is 101 Å². The van der Waals surface area contributed by atoms with E-state index in [0.29, 0.717) is 15.8 Å². The van der Waals surface area contributed by atoms with Gasteiger partial charge in [0.2, 0.25) is 5.91 Å². The van der Waals surface area contributed by atoms with Crippen LogP contribution in [0.2, 0.25) is 5.02 Å². The van der Waals surface area contributed by atoms with E-state index in [1.54, 1.807) is 6.07 Å². The maximum Gasteiger partial charge on any atom is 0.229 e. The van der Waals surface area contributed by atoms with Crippen molar-refractivity contribution < 1.29 is 4.79 Å². The maximum absolute atomic E-state index is 12.7. The SMILES string of the molecule is O=C(Nc1nc2ccc(Cl)cc2s1)C1CCN(c2ccc3nnnn3n2)CC1. The number of rotatable bonds is 3. The Balaban J connectivity index is 1.23. The average Bonchev–Trinajstić information content (AvgIpc) is 3.33. The van der Waals surface area contributed by atoms with Crippen molar-refractivity contribution in [1.82, 2.24) is 30.2 Å². The van der Waals surface area contributed by atoms with E-state index in [1.165, 1.54) is 16.0 Å². The van der Waals surface area contributed by atoms with Crippen LogP contribution in [0, 0.1) is 5.92 Å². The molecule has 0 radical (unpaired) electrons. The molecule has 1 amide bonds. The molecule has 0 bridgehead atoms. The first-order chi connectivity index (χ1) is 13.7. The monoisotopic (exact) mass is 414 g/mol. The third-order valence-electron chi connectivity index (χ3n) is 4.83. The van der Waals surface area contributed by atoms with Crippen molar-refractivity contribution in [2.45, 2.75) is 12.8 Å². The number of aromatic nitrogens is 6. The van der Waals surface area contributed by atoms with Crippen molar-refractivity contribution in [1.29, 1.82) is 0 Å². The molecular weight excluding hydrogens is 400 g/mol. The number of amides is 1. The zero-order chi connectivity index (χ0) is 19.1. The van der Waals surface area contributed by atoms with E-state index in [1.807, 2.05) is 24.3 Å². The van der Waals surface area contributed by atoms with Crippen molar-refractivity contribution in [2.24, 2.45) is 5.92 Å². The second kappa shape index (κ2) is 6.95. The van der Waals surface area contributed by atoms with E-state index in [2.05, 4.69) is 35.8 Å². The number of hydrogen-bond acceptors (Lipinski definition) is 8. The number of hydrogen-bond donors (Lipinski definition) is 1. The van der Waals surface area contributed by atoms with E-state index in [0.717, 1.165) is 42.0 Å². The summed E-state index contributed by atoms with van der Waals surface area (Å²) in [6.07, 6.45) is 1.50. The first kappa shape index (κ1) is 17.3. The number of fused-ring (bicyclic) bond motifs is 2. The summed E-state index contributed by atoms with van der Waals surface area (Å²) in [5.41, 5.74) is 1.44. The van der Waals surface area contributed by atoms with Crippen LogP contribution in [0.4, 0.5) is 10.9 Å². The molecule has 4 heterocycles. The minimum atomic E-state index is -0.0522. The van der Waals surface area contributed by atoms with Crippen LogP contribution in [0.1, 0.15) is 12.8 Å². The van der Waals surface area contributed by atoms with Gasteiger partial charge in [-0.3, -0.25) is 4.79 Å². The van der Waals surface area contributed by atoms with E-state index in [-0.39, 0.29) is 11.8 Å². The molecule has 5 rings (SSSR count). The molecule has 0 unspecified atom stereocenters. The van der Waals surface area contributed by atoms with Gasteiger partial charge >= 0.3 is 0 Å². The lowest BCUT2D eigenvalue weighted by atomic mass is 9.96. The third kappa shape index (κ3) is 3.25. The molecule has 4 aromatic rings. The fraction of sp³-hybridized carbons (Fsp3) is 0.294. The van der Waals surface area contributed by atoms with Crippen LogP contribution in [0.25, 0.3) is 15.9 Å². The van der Waals surface area contributed by atoms with Gasteiger partial charge in [-0.15, -0.1) is 14.8 Å². The first-order valence-corrected chi connectivity index (χ1v) is 10.0. The smallest absolute Gasteiger partial charge is 0.229 e. The third-order valence-corrected chi connectivity index (χ3v) is 5.99. The van der Waals surface area contributed by atoms with Crippen LogP contribution in [0.15, 0.2) is 30.3 Å². The highest BCUT2D eigenvalue weighted by atomic mass is 35.5. The highest BCUT2D eigenvalue weighted by Gasteiger charge is 2.26. The second-order valence-electron chi connectivity index (χ2n) is 6.60. The molecular formula is C17H15ClN8OS. The summed E-state index contributed by atoms with van der Waals surface area (Å²) in [4.78, 5) is 19.3. The number of benzene rings is 1.